The lowest BCUT2D eigenvalue weighted by atomic mass is 10.1. The molecule has 6 heteroatoms. The Hall–Kier alpha value is -1.42. The van der Waals surface area contributed by atoms with E-state index in [4.69, 9.17) is 21.9 Å². The number of aliphatic hydroxyl groups is 1. The van der Waals surface area contributed by atoms with E-state index in [1.807, 2.05) is 0 Å². The van der Waals surface area contributed by atoms with Crippen LogP contribution in [0.4, 0.5) is 0 Å². The highest BCUT2D eigenvalue weighted by molar-refractivity contribution is 6.32. The Kier molecular flexibility index (Phi) is 4.24. The SMILES string of the molecule is COc1ccc([C@@H](O)CN=[N+]=[N-])cc1Cl. The Morgan fingerprint density at radius 1 is 1.67 bits per heavy atom. The van der Waals surface area contributed by atoms with Crippen molar-refractivity contribution in [3.8, 4) is 5.75 Å². The minimum atomic E-state index is -0.843. The molecule has 0 radical (unpaired) electrons. The molecule has 0 aliphatic carbocycles. The summed E-state index contributed by atoms with van der Waals surface area (Å²) in [6.45, 7) is -0.0147. The molecular weight excluding hydrogens is 218 g/mol. The van der Waals surface area contributed by atoms with Gasteiger partial charge in [-0.3, -0.25) is 0 Å². The zero-order valence-corrected chi connectivity index (χ0v) is 8.85. The van der Waals surface area contributed by atoms with Crippen LogP contribution >= 0.6 is 11.6 Å². The van der Waals surface area contributed by atoms with Crippen LogP contribution in [0.2, 0.25) is 5.02 Å². The molecule has 0 aromatic heterocycles. The number of azide groups is 1. The summed E-state index contributed by atoms with van der Waals surface area (Å²) in [5.41, 5.74) is 8.69. The number of hydrogen-bond acceptors (Lipinski definition) is 3. The average Bonchev–Trinajstić information content (AvgIpc) is 2.25. The number of benzene rings is 1. The Bertz CT molecular complexity index is 391. The number of hydrogen-bond donors (Lipinski definition) is 1. The van der Waals surface area contributed by atoms with Crippen molar-refractivity contribution >= 4 is 11.6 Å². The highest BCUT2D eigenvalue weighted by atomic mass is 35.5. The highest BCUT2D eigenvalue weighted by Gasteiger charge is 2.08. The van der Waals surface area contributed by atoms with Gasteiger partial charge in [-0.2, -0.15) is 0 Å². The molecule has 0 bridgehead atoms. The maximum Gasteiger partial charge on any atom is 0.137 e. The van der Waals surface area contributed by atoms with Gasteiger partial charge in [-0.05, 0) is 23.2 Å². The molecule has 1 aromatic rings. The van der Waals surface area contributed by atoms with Gasteiger partial charge in [-0.25, -0.2) is 0 Å². The van der Waals surface area contributed by atoms with Crippen molar-refractivity contribution in [2.45, 2.75) is 6.10 Å². The third-order valence-corrected chi connectivity index (χ3v) is 2.17. The Morgan fingerprint density at radius 2 is 2.40 bits per heavy atom. The van der Waals surface area contributed by atoms with E-state index >= 15 is 0 Å². The third-order valence-electron chi connectivity index (χ3n) is 1.88. The van der Waals surface area contributed by atoms with Gasteiger partial charge in [-0.15, -0.1) is 0 Å². The minimum Gasteiger partial charge on any atom is -0.495 e. The van der Waals surface area contributed by atoms with E-state index < -0.39 is 6.10 Å². The number of rotatable bonds is 4. The molecule has 0 fully saturated rings. The van der Waals surface area contributed by atoms with Crippen LogP contribution in [0.1, 0.15) is 11.7 Å². The number of nitrogens with zero attached hydrogens (tertiary/aromatic N) is 3. The van der Waals surface area contributed by atoms with E-state index in [9.17, 15) is 5.11 Å². The maximum absolute atomic E-state index is 9.58. The van der Waals surface area contributed by atoms with Crippen molar-refractivity contribution in [2.75, 3.05) is 13.7 Å². The van der Waals surface area contributed by atoms with Crippen LogP contribution in [-0.2, 0) is 0 Å². The van der Waals surface area contributed by atoms with E-state index in [1.54, 1.807) is 18.2 Å². The Labute approximate surface area is 91.9 Å². The van der Waals surface area contributed by atoms with E-state index in [0.717, 1.165) is 0 Å². The fourth-order valence-corrected chi connectivity index (χ4v) is 1.38. The summed E-state index contributed by atoms with van der Waals surface area (Å²) in [5, 5.41) is 13.3. The van der Waals surface area contributed by atoms with Crippen LogP contribution in [-0.4, -0.2) is 18.8 Å². The second-order valence-corrected chi connectivity index (χ2v) is 3.23. The molecule has 0 unspecified atom stereocenters. The molecule has 1 N–H and O–H groups in total. The van der Waals surface area contributed by atoms with Gasteiger partial charge >= 0.3 is 0 Å². The zero-order chi connectivity index (χ0) is 11.3. The average molecular weight is 228 g/mol. The van der Waals surface area contributed by atoms with E-state index in [2.05, 4.69) is 10.0 Å². The lowest BCUT2D eigenvalue weighted by molar-refractivity contribution is 0.186. The largest absolute Gasteiger partial charge is 0.495 e. The monoisotopic (exact) mass is 227 g/mol. The van der Waals surface area contributed by atoms with Gasteiger partial charge in [0.1, 0.15) is 5.75 Å². The minimum absolute atomic E-state index is 0.0147. The molecule has 0 amide bonds. The molecule has 0 aliphatic heterocycles. The third kappa shape index (κ3) is 3.02. The topological polar surface area (TPSA) is 78.2 Å². The van der Waals surface area contributed by atoms with Crippen molar-refractivity contribution in [2.24, 2.45) is 5.11 Å². The maximum atomic E-state index is 9.58. The first-order valence-electron chi connectivity index (χ1n) is 4.21. The van der Waals surface area contributed by atoms with Gasteiger partial charge in [0.2, 0.25) is 0 Å². The number of ether oxygens (including phenoxy) is 1. The van der Waals surface area contributed by atoms with Crippen molar-refractivity contribution < 1.29 is 9.84 Å². The fourth-order valence-electron chi connectivity index (χ4n) is 1.11. The molecule has 1 aromatic carbocycles. The van der Waals surface area contributed by atoms with Crippen LogP contribution in [0.5, 0.6) is 5.75 Å². The summed E-state index contributed by atoms with van der Waals surface area (Å²) >= 11 is 5.87. The van der Waals surface area contributed by atoms with Crippen molar-refractivity contribution in [3.63, 3.8) is 0 Å². The van der Waals surface area contributed by atoms with Crippen molar-refractivity contribution in [1.29, 1.82) is 0 Å². The number of halogens is 1. The van der Waals surface area contributed by atoms with Crippen LogP contribution in [0.25, 0.3) is 10.4 Å². The molecule has 0 saturated carbocycles. The van der Waals surface area contributed by atoms with E-state index in [-0.39, 0.29) is 6.54 Å². The summed E-state index contributed by atoms with van der Waals surface area (Å²) in [6, 6.07) is 4.90. The molecule has 80 valence electrons. The summed E-state index contributed by atoms with van der Waals surface area (Å²) in [5.74, 6) is 0.538. The summed E-state index contributed by atoms with van der Waals surface area (Å²) < 4.78 is 4.97. The van der Waals surface area contributed by atoms with Crippen LogP contribution < -0.4 is 4.74 Å². The molecule has 15 heavy (non-hydrogen) atoms. The highest BCUT2D eigenvalue weighted by Crippen LogP contribution is 2.27. The molecule has 5 nitrogen and oxygen atoms in total. The standard InChI is InChI=1S/C9H10ClN3O2/c1-15-9-3-2-6(4-7(9)10)8(14)5-12-13-11/h2-4,8,14H,5H2,1H3/t8-/m0/s1. The molecule has 0 saturated heterocycles. The fraction of sp³-hybridized carbons (Fsp3) is 0.333. The number of methoxy groups -OCH3 is 1. The second kappa shape index (κ2) is 5.46. The second-order valence-electron chi connectivity index (χ2n) is 2.82. The Balaban J connectivity index is 2.86. The van der Waals surface area contributed by atoms with Crippen LogP contribution in [0.3, 0.4) is 0 Å². The normalized spacial score (nSPS) is 11.7. The molecule has 1 rings (SSSR count). The summed E-state index contributed by atoms with van der Waals surface area (Å²) in [4.78, 5) is 2.56. The first-order chi connectivity index (χ1) is 7.19. The van der Waals surface area contributed by atoms with Crippen molar-refractivity contribution in [1.82, 2.24) is 0 Å². The van der Waals surface area contributed by atoms with Gasteiger partial charge in [0, 0.05) is 4.91 Å². The first kappa shape index (κ1) is 11.7. The van der Waals surface area contributed by atoms with E-state index in [0.29, 0.717) is 16.3 Å². The van der Waals surface area contributed by atoms with Gasteiger partial charge in [-0.1, -0.05) is 22.8 Å². The zero-order valence-electron chi connectivity index (χ0n) is 8.09. The molecule has 0 aliphatic rings. The number of aliphatic hydroxyl groups excluding tert-OH is 1. The lowest BCUT2D eigenvalue weighted by Crippen LogP contribution is -2.00. The van der Waals surface area contributed by atoms with Crippen LogP contribution in [0, 0.1) is 0 Å². The van der Waals surface area contributed by atoms with Crippen molar-refractivity contribution in [3.05, 3.63) is 39.2 Å². The van der Waals surface area contributed by atoms with Gasteiger partial charge < -0.3 is 9.84 Å². The van der Waals surface area contributed by atoms with Gasteiger partial charge in [0.05, 0.1) is 24.8 Å². The van der Waals surface area contributed by atoms with Crippen LogP contribution in [0.15, 0.2) is 23.3 Å². The Morgan fingerprint density at radius 3 is 2.93 bits per heavy atom. The molecule has 1 atom stereocenters. The lowest BCUT2D eigenvalue weighted by Gasteiger charge is -2.09. The first-order valence-corrected chi connectivity index (χ1v) is 4.59. The van der Waals surface area contributed by atoms with E-state index in [1.165, 1.54) is 7.11 Å². The smallest absolute Gasteiger partial charge is 0.137 e. The molecule has 0 spiro atoms. The predicted octanol–water partition coefficient (Wildman–Crippen LogP) is 2.69. The summed E-state index contributed by atoms with van der Waals surface area (Å²) in [6.07, 6.45) is -0.843. The molecule has 0 heterocycles. The summed E-state index contributed by atoms with van der Waals surface area (Å²) in [7, 11) is 1.51. The predicted molar refractivity (Wildman–Crippen MR) is 57.0 cm³/mol. The van der Waals surface area contributed by atoms with Gasteiger partial charge in [0.25, 0.3) is 0 Å². The molecular formula is C9H10ClN3O2. The van der Waals surface area contributed by atoms with Gasteiger partial charge in [0.15, 0.2) is 0 Å². The quantitative estimate of drug-likeness (QED) is 0.488.